The molecule has 0 unspecified atom stereocenters. The highest BCUT2D eigenvalue weighted by Crippen LogP contribution is 2.25. The topological polar surface area (TPSA) is 55.4 Å². The Morgan fingerprint density at radius 2 is 1.95 bits per heavy atom. The molecule has 0 atom stereocenters. The third kappa shape index (κ3) is 5.87. The van der Waals surface area contributed by atoms with Gasteiger partial charge in [-0.15, -0.1) is 0 Å². The van der Waals surface area contributed by atoms with Crippen LogP contribution in [0.5, 0.6) is 5.75 Å². The van der Waals surface area contributed by atoms with Crippen LogP contribution < -0.4 is 10.1 Å². The summed E-state index contributed by atoms with van der Waals surface area (Å²) < 4.78 is 51.6. The Bertz CT molecular complexity index is 492. The Balaban J connectivity index is 2.58. The van der Waals surface area contributed by atoms with Gasteiger partial charge in [-0.1, -0.05) is 19.1 Å². The highest BCUT2D eigenvalue weighted by Gasteiger charge is 2.11. The average molecular weight is 293 g/mol. The second kappa shape index (κ2) is 7.28. The van der Waals surface area contributed by atoms with Crippen LogP contribution in [-0.4, -0.2) is 33.1 Å². The Morgan fingerprint density at radius 3 is 2.58 bits per heavy atom. The molecule has 0 bridgehead atoms. The van der Waals surface area contributed by atoms with Crippen molar-refractivity contribution in [1.29, 1.82) is 0 Å². The molecule has 0 aliphatic heterocycles. The van der Waals surface area contributed by atoms with E-state index in [9.17, 15) is 17.2 Å². The molecule has 0 radical (unpaired) electrons. The summed E-state index contributed by atoms with van der Waals surface area (Å²) >= 11 is 0. The van der Waals surface area contributed by atoms with Gasteiger partial charge in [0.2, 0.25) is 0 Å². The first-order valence-corrected chi connectivity index (χ1v) is 7.75. The van der Waals surface area contributed by atoms with Crippen molar-refractivity contribution in [3.05, 3.63) is 24.3 Å². The van der Waals surface area contributed by atoms with Gasteiger partial charge in [0.15, 0.2) is 9.84 Å². The normalized spacial score (nSPS) is 11.6. The molecular formula is C12H17F2NO3S. The van der Waals surface area contributed by atoms with E-state index in [0.29, 0.717) is 12.1 Å². The highest BCUT2D eigenvalue weighted by molar-refractivity contribution is 7.91. The number of hydrogen-bond donors (Lipinski definition) is 1. The fourth-order valence-corrected chi connectivity index (χ4v) is 2.80. The number of rotatable bonds is 8. The lowest BCUT2D eigenvalue weighted by molar-refractivity contribution is -0.0493. The number of para-hydroxylation sites is 2. The summed E-state index contributed by atoms with van der Waals surface area (Å²) in [5, 5.41) is 2.80. The van der Waals surface area contributed by atoms with E-state index in [4.69, 9.17) is 0 Å². The molecule has 0 amide bonds. The van der Waals surface area contributed by atoms with Gasteiger partial charge in [0.25, 0.3) is 0 Å². The maximum Gasteiger partial charge on any atom is 0.387 e. The van der Waals surface area contributed by atoms with Gasteiger partial charge in [0.1, 0.15) is 5.75 Å². The van der Waals surface area contributed by atoms with Gasteiger partial charge >= 0.3 is 6.61 Å². The van der Waals surface area contributed by atoms with Gasteiger partial charge in [-0.2, -0.15) is 8.78 Å². The first-order chi connectivity index (χ1) is 8.94. The fourth-order valence-electron chi connectivity index (χ4n) is 1.57. The molecule has 0 saturated carbocycles. The fraction of sp³-hybridized carbons (Fsp3) is 0.500. The van der Waals surface area contributed by atoms with E-state index in [1.807, 2.05) is 0 Å². The predicted octanol–water partition coefficient (Wildman–Crippen LogP) is 2.52. The molecule has 7 heteroatoms. The molecule has 4 nitrogen and oxygen atoms in total. The molecule has 1 N–H and O–H groups in total. The summed E-state index contributed by atoms with van der Waals surface area (Å²) in [7, 11) is -3.09. The summed E-state index contributed by atoms with van der Waals surface area (Å²) in [5.41, 5.74) is 0.356. The molecule has 0 fully saturated rings. The van der Waals surface area contributed by atoms with Crippen LogP contribution in [0.15, 0.2) is 24.3 Å². The lowest BCUT2D eigenvalue weighted by atomic mass is 10.3. The monoisotopic (exact) mass is 293 g/mol. The lowest BCUT2D eigenvalue weighted by Crippen LogP contribution is -2.18. The molecule has 0 heterocycles. The van der Waals surface area contributed by atoms with Gasteiger partial charge in [-0.25, -0.2) is 8.42 Å². The van der Waals surface area contributed by atoms with Crippen LogP contribution >= 0.6 is 0 Å². The van der Waals surface area contributed by atoms with Gasteiger partial charge in [-0.3, -0.25) is 0 Å². The van der Waals surface area contributed by atoms with E-state index in [2.05, 4.69) is 10.1 Å². The molecule has 0 aromatic heterocycles. The molecule has 19 heavy (non-hydrogen) atoms. The Labute approximate surface area is 111 Å². The molecule has 0 aliphatic carbocycles. The highest BCUT2D eigenvalue weighted by atomic mass is 32.2. The van der Waals surface area contributed by atoms with Crippen LogP contribution in [0.2, 0.25) is 0 Å². The minimum Gasteiger partial charge on any atom is -0.433 e. The minimum atomic E-state index is -3.09. The van der Waals surface area contributed by atoms with E-state index in [0.717, 1.165) is 0 Å². The number of ether oxygens (including phenoxy) is 1. The number of benzene rings is 1. The van der Waals surface area contributed by atoms with Crippen LogP contribution in [0.3, 0.4) is 0 Å². The van der Waals surface area contributed by atoms with Crippen LogP contribution in [0.1, 0.15) is 13.3 Å². The van der Waals surface area contributed by atoms with Crippen LogP contribution in [0, 0.1) is 0 Å². The van der Waals surface area contributed by atoms with Crippen molar-refractivity contribution in [2.45, 2.75) is 20.0 Å². The number of nitrogens with one attached hydrogen (secondary N) is 1. The van der Waals surface area contributed by atoms with E-state index < -0.39 is 16.4 Å². The Hall–Kier alpha value is -1.37. The van der Waals surface area contributed by atoms with E-state index >= 15 is 0 Å². The third-order valence-corrected chi connectivity index (χ3v) is 4.20. The number of halogens is 2. The first kappa shape index (κ1) is 15.7. The SMILES string of the molecule is CCCS(=O)(=O)CCNc1ccccc1OC(F)F. The second-order valence-corrected chi connectivity index (χ2v) is 6.26. The van der Waals surface area contributed by atoms with Crippen molar-refractivity contribution in [3.63, 3.8) is 0 Å². The molecule has 1 rings (SSSR count). The molecule has 0 aliphatic rings. The zero-order chi connectivity index (χ0) is 14.3. The second-order valence-electron chi connectivity index (χ2n) is 3.95. The van der Waals surface area contributed by atoms with Gasteiger partial charge in [0.05, 0.1) is 11.4 Å². The van der Waals surface area contributed by atoms with Crippen molar-refractivity contribution in [2.24, 2.45) is 0 Å². The molecule has 1 aromatic rings. The van der Waals surface area contributed by atoms with Crippen molar-refractivity contribution in [2.75, 3.05) is 23.4 Å². The summed E-state index contributed by atoms with van der Waals surface area (Å²) in [6.45, 7) is -0.963. The number of anilines is 1. The molecule has 1 aromatic carbocycles. The van der Waals surface area contributed by atoms with E-state index in [1.54, 1.807) is 25.1 Å². The molecule has 0 saturated heterocycles. The van der Waals surface area contributed by atoms with Crippen molar-refractivity contribution >= 4 is 15.5 Å². The summed E-state index contributed by atoms with van der Waals surface area (Å²) in [6, 6.07) is 6.18. The molecular weight excluding hydrogens is 276 g/mol. The number of hydrogen-bond acceptors (Lipinski definition) is 4. The predicted molar refractivity (Wildman–Crippen MR) is 70.5 cm³/mol. The summed E-state index contributed by atoms with van der Waals surface area (Å²) in [4.78, 5) is 0. The zero-order valence-electron chi connectivity index (χ0n) is 10.6. The first-order valence-electron chi connectivity index (χ1n) is 5.92. The van der Waals surface area contributed by atoms with Crippen molar-refractivity contribution < 1.29 is 21.9 Å². The molecule has 108 valence electrons. The average Bonchev–Trinajstić information content (AvgIpc) is 2.30. The third-order valence-electron chi connectivity index (χ3n) is 2.35. The molecule has 0 spiro atoms. The van der Waals surface area contributed by atoms with Gasteiger partial charge in [0, 0.05) is 12.3 Å². The Morgan fingerprint density at radius 1 is 1.26 bits per heavy atom. The van der Waals surface area contributed by atoms with E-state index in [1.165, 1.54) is 6.07 Å². The standard InChI is InChI=1S/C12H17F2NO3S/c1-2-8-19(16,17)9-7-15-10-5-3-4-6-11(10)18-12(13)14/h3-6,12,15H,2,7-9H2,1H3. The van der Waals surface area contributed by atoms with Gasteiger partial charge < -0.3 is 10.1 Å². The zero-order valence-corrected chi connectivity index (χ0v) is 11.4. The maximum absolute atomic E-state index is 12.2. The summed E-state index contributed by atoms with van der Waals surface area (Å²) in [5.74, 6) is 0.0960. The minimum absolute atomic E-state index is 0.00499. The van der Waals surface area contributed by atoms with E-state index in [-0.39, 0.29) is 23.8 Å². The van der Waals surface area contributed by atoms with Crippen molar-refractivity contribution in [3.8, 4) is 5.75 Å². The smallest absolute Gasteiger partial charge is 0.387 e. The maximum atomic E-state index is 12.2. The number of alkyl halides is 2. The largest absolute Gasteiger partial charge is 0.433 e. The van der Waals surface area contributed by atoms with Crippen LogP contribution in [0.25, 0.3) is 0 Å². The van der Waals surface area contributed by atoms with Crippen LogP contribution in [0.4, 0.5) is 14.5 Å². The number of sulfone groups is 1. The van der Waals surface area contributed by atoms with Crippen molar-refractivity contribution in [1.82, 2.24) is 0 Å². The lowest BCUT2D eigenvalue weighted by Gasteiger charge is -2.12. The van der Waals surface area contributed by atoms with Gasteiger partial charge in [-0.05, 0) is 18.6 Å². The Kier molecular flexibility index (Phi) is 6.01. The summed E-state index contributed by atoms with van der Waals surface area (Å²) in [6.07, 6.45) is 0.563. The van der Waals surface area contributed by atoms with Crippen LogP contribution in [-0.2, 0) is 9.84 Å². The quantitative estimate of drug-likeness (QED) is 0.800.